The van der Waals surface area contributed by atoms with E-state index in [4.69, 9.17) is 0 Å². The lowest BCUT2D eigenvalue weighted by molar-refractivity contribution is 0.938. The maximum Gasteiger partial charge on any atom is 0.338 e. The van der Waals surface area contributed by atoms with Crippen LogP contribution in [0.4, 0.5) is 0 Å². The van der Waals surface area contributed by atoms with E-state index in [1.165, 1.54) is 10.8 Å². The summed E-state index contributed by atoms with van der Waals surface area (Å²) in [7, 11) is 0. The van der Waals surface area contributed by atoms with Crippen molar-refractivity contribution in [2.75, 3.05) is 0 Å². The van der Waals surface area contributed by atoms with E-state index in [9.17, 15) is 4.79 Å². The second-order valence-electron chi connectivity index (χ2n) is 8.25. The van der Waals surface area contributed by atoms with Gasteiger partial charge in [0.05, 0.1) is 22.2 Å². The molecule has 0 saturated heterocycles. The smallest absolute Gasteiger partial charge is 0.262 e. The summed E-state index contributed by atoms with van der Waals surface area (Å²) in [5, 5.41) is 6.82. The standard InChI is InChI=1S/C29H18N2O/c32-29-30(22-16-15-20-14-13-19-7-1-3-9-23(19)25(20)18-22)27-12-6-4-10-24(27)28-17-21-8-2-5-11-26(21)31(28)29/h1-18H. The Hall–Kier alpha value is -4.37. The lowest BCUT2D eigenvalue weighted by Crippen LogP contribution is -2.25. The highest BCUT2D eigenvalue weighted by atomic mass is 16.1. The number of fused-ring (bicyclic) bond motifs is 8. The molecule has 0 N–H and O–H groups in total. The van der Waals surface area contributed by atoms with Crippen LogP contribution in [0, 0.1) is 0 Å². The maximum absolute atomic E-state index is 13.9. The van der Waals surface area contributed by atoms with Crippen LogP contribution in [0.3, 0.4) is 0 Å². The van der Waals surface area contributed by atoms with Gasteiger partial charge in [-0.2, -0.15) is 0 Å². The van der Waals surface area contributed by atoms with Crippen LogP contribution >= 0.6 is 0 Å². The van der Waals surface area contributed by atoms with Crippen LogP contribution in [0.2, 0.25) is 0 Å². The monoisotopic (exact) mass is 410 g/mol. The normalized spacial score (nSPS) is 11.9. The molecule has 32 heavy (non-hydrogen) atoms. The van der Waals surface area contributed by atoms with Crippen LogP contribution < -0.4 is 5.69 Å². The highest BCUT2D eigenvalue weighted by molar-refractivity contribution is 6.08. The number of rotatable bonds is 1. The van der Waals surface area contributed by atoms with E-state index in [2.05, 4.69) is 66.7 Å². The molecule has 2 heterocycles. The molecule has 7 aromatic rings. The Bertz CT molecular complexity index is 1910. The van der Waals surface area contributed by atoms with Crippen LogP contribution in [0.1, 0.15) is 0 Å². The van der Waals surface area contributed by atoms with Gasteiger partial charge in [0.2, 0.25) is 0 Å². The summed E-state index contributed by atoms with van der Waals surface area (Å²) in [5.74, 6) is 0. The van der Waals surface area contributed by atoms with Crippen molar-refractivity contribution in [2.24, 2.45) is 0 Å². The van der Waals surface area contributed by atoms with Gasteiger partial charge in [0.25, 0.3) is 0 Å². The van der Waals surface area contributed by atoms with Gasteiger partial charge in [0.1, 0.15) is 0 Å². The van der Waals surface area contributed by atoms with Crippen LogP contribution in [-0.2, 0) is 0 Å². The van der Waals surface area contributed by atoms with E-state index >= 15 is 0 Å². The van der Waals surface area contributed by atoms with Crippen LogP contribution in [0.25, 0.3) is 54.6 Å². The first-order chi connectivity index (χ1) is 15.8. The zero-order valence-corrected chi connectivity index (χ0v) is 17.2. The number of hydrogen-bond acceptors (Lipinski definition) is 1. The minimum Gasteiger partial charge on any atom is -0.262 e. The molecule has 0 aliphatic rings. The van der Waals surface area contributed by atoms with Crippen molar-refractivity contribution in [3.63, 3.8) is 0 Å². The zero-order valence-electron chi connectivity index (χ0n) is 17.2. The fraction of sp³-hybridized carbons (Fsp3) is 0. The summed E-state index contributed by atoms with van der Waals surface area (Å²) in [5.41, 5.74) is 3.59. The average Bonchev–Trinajstić information content (AvgIpc) is 3.24. The van der Waals surface area contributed by atoms with Gasteiger partial charge < -0.3 is 0 Å². The third-order valence-corrected chi connectivity index (χ3v) is 6.50. The van der Waals surface area contributed by atoms with Crippen molar-refractivity contribution in [3.8, 4) is 5.69 Å². The molecule has 0 spiro atoms. The Balaban J connectivity index is 1.67. The third kappa shape index (κ3) is 2.28. The molecule has 3 nitrogen and oxygen atoms in total. The van der Waals surface area contributed by atoms with Gasteiger partial charge in [-0.25, -0.2) is 4.79 Å². The van der Waals surface area contributed by atoms with Gasteiger partial charge in [-0.1, -0.05) is 78.9 Å². The molecule has 2 aromatic heterocycles. The maximum atomic E-state index is 13.9. The van der Waals surface area contributed by atoms with Crippen LogP contribution in [0.15, 0.2) is 114 Å². The van der Waals surface area contributed by atoms with Gasteiger partial charge in [0, 0.05) is 10.8 Å². The molecule has 0 saturated carbocycles. The Labute approximate surface area is 183 Å². The highest BCUT2D eigenvalue weighted by Crippen LogP contribution is 2.30. The van der Waals surface area contributed by atoms with Gasteiger partial charge in [-0.3, -0.25) is 8.97 Å². The first-order valence-electron chi connectivity index (χ1n) is 10.8. The summed E-state index contributed by atoms with van der Waals surface area (Å²) in [6.45, 7) is 0. The molecule has 0 amide bonds. The van der Waals surface area contributed by atoms with Crippen molar-refractivity contribution in [1.29, 1.82) is 0 Å². The number of benzene rings is 5. The predicted molar refractivity (Wildman–Crippen MR) is 133 cm³/mol. The molecule has 5 aromatic carbocycles. The largest absolute Gasteiger partial charge is 0.338 e. The Kier molecular flexibility index (Phi) is 3.42. The van der Waals surface area contributed by atoms with Gasteiger partial charge in [-0.15, -0.1) is 0 Å². The van der Waals surface area contributed by atoms with E-state index in [1.807, 2.05) is 51.4 Å². The summed E-state index contributed by atoms with van der Waals surface area (Å²) >= 11 is 0. The molecule has 0 fully saturated rings. The summed E-state index contributed by atoms with van der Waals surface area (Å²) in [4.78, 5) is 13.9. The molecule has 0 aliphatic heterocycles. The van der Waals surface area contributed by atoms with E-state index in [1.54, 1.807) is 0 Å². The molecule has 7 rings (SSSR count). The fourth-order valence-corrected chi connectivity index (χ4v) is 5.03. The Morgan fingerprint density at radius 1 is 0.469 bits per heavy atom. The molecule has 0 atom stereocenters. The molecule has 3 heteroatoms. The van der Waals surface area contributed by atoms with Gasteiger partial charge in [-0.05, 0) is 51.9 Å². The van der Waals surface area contributed by atoms with E-state index in [-0.39, 0.29) is 5.69 Å². The van der Waals surface area contributed by atoms with Crippen LogP contribution in [0.5, 0.6) is 0 Å². The molecule has 0 radical (unpaired) electrons. The molecule has 0 bridgehead atoms. The van der Waals surface area contributed by atoms with Crippen molar-refractivity contribution >= 4 is 48.9 Å². The molecule has 0 aliphatic carbocycles. The number of nitrogens with zero attached hydrogens (tertiary/aromatic N) is 2. The summed E-state index contributed by atoms with van der Waals surface area (Å²) < 4.78 is 3.68. The minimum absolute atomic E-state index is 0.0560. The predicted octanol–water partition coefficient (Wildman–Crippen LogP) is 6.70. The second-order valence-corrected chi connectivity index (χ2v) is 8.25. The topological polar surface area (TPSA) is 26.4 Å². The van der Waals surface area contributed by atoms with Crippen molar-refractivity contribution in [2.45, 2.75) is 0 Å². The van der Waals surface area contributed by atoms with Crippen molar-refractivity contribution in [1.82, 2.24) is 8.97 Å². The quantitative estimate of drug-likeness (QED) is 0.277. The van der Waals surface area contributed by atoms with Crippen molar-refractivity contribution < 1.29 is 0 Å². The van der Waals surface area contributed by atoms with E-state index in [0.29, 0.717) is 0 Å². The molecule has 150 valence electrons. The molecule has 0 unspecified atom stereocenters. The SMILES string of the molecule is O=c1n(-c2ccc3ccc4ccccc4c3c2)c2ccccc2c2cc3ccccc3n12. The number of para-hydroxylation sites is 2. The number of hydrogen-bond donors (Lipinski definition) is 0. The fourth-order valence-electron chi connectivity index (χ4n) is 5.03. The zero-order chi connectivity index (χ0) is 21.2. The van der Waals surface area contributed by atoms with Gasteiger partial charge in [0.15, 0.2) is 0 Å². The van der Waals surface area contributed by atoms with Crippen LogP contribution in [-0.4, -0.2) is 8.97 Å². The van der Waals surface area contributed by atoms with Crippen molar-refractivity contribution in [3.05, 3.63) is 120 Å². The first kappa shape index (κ1) is 17.3. The Morgan fingerprint density at radius 2 is 1.09 bits per heavy atom. The molecular weight excluding hydrogens is 392 g/mol. The lowest BCUT2D eigenvalue weighted by Gasteiger charge is -2.14. The highest BCUT2D eigenvalue weighted by Gasteiger charge is 2.15. The number of aromatic nitrogens is 2. The Morgan fingerprint density at radius 3 is 1.94 bits per heavy atom. The summed E-state index contributed by atoms with van der Waals surface area (Å²) in [6.07, 6.45) is 0. The van der Waals surface area contributed by atoms with Gasteiger partial charge >= 0.3 is 5.69 Å². The minimum atomic E-state index is -0.0560. The first-order valence-corrected chi connectivity index (χ1v) is 10.8. The van der Waals surface area contributed by atoms with E-state index in [0.717, 1.165) is 43.8 Å². The summed E-state index contributed by atoms with van der Waals surface area (Å²) in [6, 6.07) is 37.3. The molecular formula is C29H18N2O. The average molecular weight is 410 g/mol. The second kappa shape index (κ2) is 6.32. The lowest BCUT2D eigenvalue weighted by atomic mass is 10.0. The van der Waals surface area contributed by atoms with E-state index < -0.39 is 0 Å². The third-order valence-electron chi connectivity index (χ3n) is 6.50.